The number of ether oxygens (including phenoxy) is 2. The second-order valence-corrected chi connectivity index (χ2v) is 8.71. The van der Waals surface area contributed by atoms with Crippen LogP contribution in [0.5, 0.6) is 5.75 Å². The summed E-state index contributed by atoms with van der Waals surface area (Å²) < 4.78 is 34.8. The number of hydrogen-bond acceptors (Lipinski definition) is 6. The number of anilines is 1. The van der Waals surface area contributed by atoms with Gasteiger partial charge in [0.05, 0.1) is 6.61 Å². The summed E-state index contributed by atoms with van der Waals surface area (Å²) in [6.07, 6.45) is 0.895. The smallest absolute Gasteiger partial charge is 0.344 e. The Morgan fingerprint density at radius 2 is 1.92 bits per heavy atom. The predicted octanol–water partition coefficient (Wildman–Crippen LogP) is 1.38. The zero-order chi connectivity index (χ0) is 19.4. The number of carbonyl (C=O) groups excluding carboxylic acids is 2. The largest absolute Gasteiger partial charge is 0.482 e. The van der Waals surface area contributed by atoms with Crippen LogP contribution in [0.2, 0.25) is 0 Å². The first-order valence-electron chi connectivity index (χ1n) is 8.36. The molecule has 1 unspecified atom stereocenters. The number of carbonyl (C=O) groups is 2. The van der Waals surface area contributed by atoms with Crippen molar-refractivity contribution in [3.8, 4) is 5.75 Å². The monoisotopic (exact) mass is 384 g/mol. The summed E-state index contributed by atoms with van der Waals surface area (Å²) in [7, 11) is -2.23. The third-order valence-electron chi connectivity index (χ3n) is 4.36. The molecule has 1 heterocycles. The Morgan fingerprint density at radius 1 is 1.27 bits per heavy atom. The molecule has 0 aliphatic carbocycles. The van der Waals surface area contributed by atoms with Crippen LogP contribution in [0.15, 0.2) is 24.3 Å². The highest BCUT2D eigenvalue weighted by atomic mass is 32.2. The lowest BCUT2D eigenvalue weighted by Gasteiger charge is -2.36. The van der Waals surface area contributed by atoms with Crippen LogP contribution >= 0.6 is 0 Å². The molecule has 9 heteroatoms. The first-order valence-corrected chi connectivity index (χ1v) is 9.80. The summed E-state index contributed by atoms with van der Waals surface area (Å²) in [6.45, 7) is 3.65. The van der Waals surface area contributed by atoms with Gasteiger partial charge in [0.25, 0.3) is 0 Å². The molecule has 0 spiro atoms. The number of esters is 1. The van der Waals surface area contributed by atoms with E-state index in [1.54, 1.807) is 31.2 Å². The van der Waals surface area contributed by atoms with Crippen LogP contribution in [0, 0.1) is 0 Å². The van der Waals surface area contributed by atoms with E-state index in [0.717, 1.165) is 0 Å². The van der Waals surface area contributed by atoms with E-state index in [9.17, 15) is 18.0 Å². The fourth-order valence-electron chi connectivity index (χ4n) is 2.71. The molecule has 1 aliphatic rings. The summed E-state index contributed by atoms with van der Waals surface area (Å²) in [5.74, 6) is -0.596. The highest BCUT2D eigenvalue weighted by Crippen LogP contribution is 2.32. The lowest BCUT2D eigenvalue weighted by atomic mass is 10.0. The van der Waals surface area contributed by atoms with Crippen molar-refractivity contribution in [2.45, 2.75) is 31.4 Å². The van der Waals surface area contributed by atoms with Gasteiger partial charge in [0.15, 0.2) is 11.4 Å². The van der Waals surface area contributed by atoms with Crippen molar-refractivity contribution in [3.63, 3.8) is 0 Å². The summed E-state index contributed by atoms with van der Waals surface area (Å²) in [6, 6.07) is 6.33. The van der Waals surface area contributed by atoms with E-state index in [2.05, 4.69) is 5.32 Å². The first-order chi connectivity index (χ1) is 12.2. The standard InChI is InChI=1S/C17H24N2O6S/c1-4-24-15(20)12-25-14-8-6-13(7-9-14)18-16(21)17(2)10-5-11-19(3)26(17,22)23/h6-9H,4-5,10-12H2,1-3H3,(H,18,21). The van der Waals surface area contributed by atoms with Gasteiger partial charge in [-0.3, -0.25) is 4.79 Å². The molecule has 1 aliphatic heterocycles. The molecular formula is C17H24N2O6S. The minimum absolute atomic E-state index is 0.206. The van der Waals surface area contributed by atoms with Crippen molar-refractivity contribution >= 4 is 27.6 Å². The van der Waals surface area contributed by atoms with Crippen molar-refractivity contribution in [1.82, 2.24) is 4.31 Å². The molecule has 1 N–H and O–H groups in total. The van der Waals surface area contributed by atoms with Crippen molar-refractivity contribution in [2.24, 2.45) is 0 Å². The maximum Gasteiger partial charge on any atom is 0.344 e. The van der Waals surface area contributed by atoms with Gasteiger partial charge in [-0.05, 0) is 51.0 Å². The van der Waals surface area contributed by atoms with Crippen LogP contribution in [0.1, 0.15) is 26.7 Å². The van der Waals surface area contributed by atoms with E-state index in [1.165, 1.54) is 18.3 Å². The number of nitrogens with one attached hydrogen (secondary N) is 1. The minimum atomic E-state index is -3.71. The van der Waals surface area contributed by atoms with Crippen molar-refractivity contribution in [3.05, 3.63) is 24.3 Å². The summed E-state index contributed by atoms with van der Waals surface area (Å²) >= 11 is 0. The van der Waals surface area contributed by atoms with Gasteiger partial charge < -0.3 is 14.8 Å². The Hall–Kier alpha value is -2.13. The van der Waals surface area contributed by atoms with Crippen molar-refractivity contribution in [2.75, 3.05) is 32.1 Å². The molecule has 1 saturated heterocycles. The Bertz CT molecular complexity index is 762. The SMILES string of the molecule is CCOC(=O)COc1ccc(NC(=O)C2(C)CCCN(C)S2(=O)=O)cc1. The van der Waals surface area contributed by atoms with E-state index in [4.69, 9.17) is 9.47 Å². The van der Waals surface area contributed by atoms with Gasteiger partial charge in [-0.25, -0.2) is 17.5 Å². The van der Waals surface area contributed by atoms with Crippen LogP contribution in [0.4, 0.5) is 5.69 Å². The number of hydrogen-bond donors (Lipinski definition) is 1. The predicted molar refractivity (Wildman–Crippen MR) is 96.4 cm³/mol. The number of nitrogens with zero attached hydrogens (tertiary/aromatic N) is 1. The lowest BCUT2D eigenvalue weighted by molar-refractivity contribution is -0.145. The second kappa shape index (κ2) is 8.05. The maximum atomic E-state index is 12.6. The second-order valence-electron chi connectivity index (χ2n) is 6.23. The van der Waals surface area contributed by atoms with Crippen LogP contribution in [0.25, 0.3) is 0 Å². The van der Waals surface area contributed by atoms with Gasteiger partial charge in [0, 0.05) is 19.3 Å². The molecule has 144 valence electrons. The van der Waals surface area contributed by atoms with E-state index in [1.807, 2.05) is 0 Å². The molecule has 8 nitrogen and oxygen atoms in total. The Morgan fingerprint density at radius 3 is 2.54 bits per heavy atom. The molecule has 1 atom stereocenters. The third kappa shape index (κ3) is 4.16. The van der Waals surface area contributed by atoms with E-state index >= 15 is 0 Å². The molecular weight excluding hydrogens is 360 g/mol. The van der Waals surface area contributed by atoms with Crippen molar-refractivity contribution < 1.29 is 27.5 Å². The molecule has 2 rings (SSSR count). The highest BCUT2D eigenvalue weighted by molar-refractivity contribution is 7.91. The average molecular weight is 384 g/mol. The fourth-order valence-corrected chi connectivity index (χ4v) is 4.45. The van der Waals surface area contributed by atoms with E-state index in [0.29, 0.717) is 24.4 Å². The first kappa shape index (κ1) is 20.2. The van der Waals surface area contributed by atoms with Gasteiger partial charge in [0.1, 0.15) is 5.75 Å². The lowest BCUT2D eigenvalue weighted by Crippen LogP contribution is -2.56. The zero-order valence-electron chi connectivity index (χ0n) is 15.1. The van der Waals surface area contributed by atoms with Crippen LogP contribution in [-0.4, -0.2) is 56.2 Å². The van der Waals surface area contributed by atoms with Gasteiger partial charge in [-0.2, -0.15) is 0 Å². The quantitative estimate of drug-likeness (QED) is 0.744. The molecule has 0 bridgehead atoms. The molecule has 1 aromatic rings. The molecule has 0 aromatic heterocycles. The van der Waals surface area contributed by atoms with Gasteiger partial charge in [0.2, 0.25) is 15.9 Å². The Kier molecular flexibility index (Phi) is 6.25. The minimum Gasteiger partial charge on any atom is -0.482 e. The molecule has 0 saturated carbocycles. The Balaban J connectivity index is 2.02. The number of sulfonamides is 1. The van der Waals surface area contributed by atoms with Crippen molar-refractivity contribution in [1.29, 1.82) is 0 Å². The van der Waals surface area contributed by atoms with Crippen LogP contribution < -0.4 is 10.1 Å². The molecule has 1 aromatic carbocycles. The normalized spacial score (nSPS) is 22.4. The van der Waals surface area contributed by atoms with Gasteiger partial charge in [-0.15, -0.1) is 0 Å². The third-order valence-corrected chi connectivity index (χ3v) is 6.89. The topological polar surface area (TPSA) is 102 Å². The average Bonchev–Trinajstić information content (AvgIpc) is 2.59. The van der Waals surface area contributed by atoms with Crippen LogP contribution in [-0.2, 0) is 24.3 Å². The highest BCUT2D eigenvalue weighted by Gasteiger charge is 2.50. The van der Waals surface area contributed by atoms with Gasteiger partial charge in [-0.1, -0.05) is 0 Å². The number of rotatable bonds is 6. The molecule has 0 radical (unpaired) electrons. The zero-order valence-corrected chi connectivity index (χ0v) is 16.0. The fraction of sp³-hybridized carbons (Fsp3) is 0.529. The number of benzene rings is 1. The summed E-state index contributed by atoms with van der Waals surface area (Å²) in [4.78, 5) is 23.9. The maximum absolute atomic E-state index is 12.6. The molecule has 1 amide bonds. The molecule has 26 heavy (non-hydrogen) atoms. The van der Waals surface area contributed by atoms with E-state index in [-0.39, 0.29) is 19.6 Å². The van der Waals surface area contributed by atoms with E-state index < -0.39 is 26.6 Å². The van der Waals surface area contributed by atoms with Gasteiger partial charge >= 0.3 is 5.97 Å². The number of amides is 1. The summed E-state index contributed by atoms with van der Waals surface area (Å²) in [5.41, 5.74) is 0.447. The van der Waals surface area contributed by atoms with Crippen LogP contribution in [0.3, 0.4) is 0 Å². The summed E-state index contributed by atoms with van der Waals surface area (Å²) in [5, 5.41) is 2.65. The molecule has 1 fully saturated rings. The Labute approximate surface area is 153 Å².